The number of carbonyl (C=O) groups is 1. The van der Waals surface area contributed by atoms with E-state index in [2.05, 4.69) is 5.32 Å². The molecule has 1 N–H and O–H groups in total. The van der Waals surface area contributed by atoms with Crippen molar-refractivity contribution in [2.24, 2.45) is 0 Å². The third-order valence-corrected chi connectivity index (χ3v) is 3.89. The molecule has 1 heterocycles. The first-order valence-corrected chi connectivity index (χ1v) is 8.30. The molecule has 0 atom stereocenters. The first kappa shape index (κ1) is 17.1. The van der Waals surface area contributed by atoms with Crippen molar-refractivity contribution in [3.05, 3.63) is 48.5 Å². The van der Waals surface area contributed by atoms with Crippen LogP contribution in [0, 0.1) is 0 Å². The first-order valence-electron chi connectivity index (χ1n) is 8.30. The minimum atomic E-state index is -0.105. The van der Waals surface area contributed by atoms with E-state index in [0.717, 1.165) is 17.9 Å². The quantitative estimate of drug-likeness (QED) is 0.919. The summed E-state index contributed by atoms with van der Waals surface area (Å²) in [5, 5.41) is 2.90. The van der Waals surface area contributed by atoms with E-state index < -0.39 is 0 Å². The Morgan fingerprint density at radius 2 is 1.84 bits per heavy atom. The van der Waals surface area contributed by atoms with Gasteiger partial charge in [-0.3, -0.25) is 0 Å². The Morgan fingerprint density at radius 3 is 2.64 bits per heavy atom. The second kappa shape index (κ2) is 8.39. The Labute approximate surface area is 147 Å². The molecule has 6 heteroatoms. The van der Waals surface area contributed by atoms with Crippen molar-refractivity contribution < 1.29 is 19.0 Å². The Hall–Kier alpha value is -2.73. The summed E-state index contributed by atoms with van der Waals surface area (Å²) in [5.41, 5.74) is 0.730. The molecule has 1 saturated heterocycles. The van der Waals surface area contributed by atoms with Crippen LogP contribution >= 0.6 is 0 Å². The zero-order valence-corrected chi connectivity index (χ0v) is 14.2. The molecule has 6 nitrogen and oxygen atoms in total. The summed E-state index contributed by atoms with van der Waals surface area (Å²) in [5.74, 6) is 2.12. The van der Waals surface area contributed by atoms with Crippen LogP contribution in [0.1, 0.15) is 6.42 Å². The van der Waals surface area contributed by atoms with Crippen LogP contribution in [-0.4, -0.2) is 44.3 Å². The van der Waals surface area contributed by atoms with E-state index in [1.165, 1.54) is 0 Å². The van der Waals surface area contributed by atoms with Gasteiger partial charge in [0.25, 0.3) is 0 Å². The topological polar surface area (TPSA) is 60.0 Å². The lowest BCUT2D eigenvalue weighted by Crippen LogP contribution is -2.36. The van der Waals surface area contributed by atoms with E-state index in [1.807, 2.05) is 48.5 Å². The van der Waals surface area contributed by atoms with Crippen molar-refractivity contribution in [3.8, 4) is 17.2 Å². The van der Waals surface area contributed by atoms with Crippen molar-refractivity contribution in [1.82, 2.24) is 4.90 Å². The third-order valence-electron chi connectivity index (χ3n) is 3.89. The fourth-order valence-corrected chi connectivity index (χ4v) is 2.56. The van der Waals surface area contributed by atoms with Crippen molar-refractivity contribution in [2.45, 2.75) is 6.42 Å². The molecule has 25 heavy (non-hydrogen) atoms. The predicted molar refractivity (Wildman–Crippen MR) is 95.5 cm³/mol. The number of urea groups is 1. The minimum Gasteiger partial charge on any atom is -0.497 e. The highest BCUT2D eigenvalue weighted by atomic mass is 16.5. The molecule has 0 radical (unpaired) electrons. The number of nitrogens with one attached hydrogen (secondary N) is 1. The zero-order chi connectivity index (χ0) is 17.5. The van der Waals surface area contributed by atoms with Gasteiger partial charge in [0.1, 0.15) is 17.2 Å². The third kappa shape index (κ3) is 4.87. The lowest BCUT2D eigenvalue weighted by Gasteiger charge is -2.20. The average molecular weight is 342 g/mol. The second-order valence-corrected chi connectivity index (χ2v) is 5.69. The Morgan fingerprint density at radius 1 is 1.04 bits per heavy atom. The summed E-state index contributed by atoms with van der Waals surface area (Å²) in [6, 6.07) is 14.6. The number of anilines is 1. The molecule has 0 aliphatic carbocycles. The summed E-state index contributed by atoms with van der Waals surface area (Å²) >= 11 is 0. The molecule has 0 bridgehead atoms. The molecule has 0 saturated carbocycles. The maximum atomic E-state index is 12.3. The van der Waals surface area contributed by atoms with Crippen LogP contribution in [0.2, 0.25) is 0 Å². The molecule has 0 aromatic heterocycles. The predicted octanol–water partition coefficient (Wildman–Crippen LogP) is 3.74. The lowest BCUT2D eigenvalue weighted by atomic mass is 10.3. The summed E-state index contributed by atoms with van der Waals surface area (Å²) in [6.45, 7) is 2.62. The van der Waals surface area contributed by atoms with E-state index in [4.69, 9.17) is 14.2 Å². The molecule has 2 amide bonds. The number of benzene rings is 2. The number of ether oxygens (including phenoxy) is 3. The normalized spacial score (nSPS) is 14.5. The fraction of sp³-hybridized carbons (Fsp3) is 0.316. The van der Waals surface area contributed by atoms with Gasteiger partial charge in [-0.2, -0.15) is 0 Å². The molecule has 3 rings (SSSR count). The minimum absolute atomic E-state index is 0.105. The highest BCUT2D eigenvalue weighted by Gasteiger charge is 2.15. The monoisotopic (exact) mass is 342 g/mol. The lowest BCUT2D eigenvalue weighted by molar-refractivity contribution is 0.144. The standard InChI is InChI=1S/C19H22N2O4/c1-23-17-4-2-5-18(14-17)25-16-8-6-15(7-9-16)20-19(22)21-10-3-12-24-13-11-21/h2,4-9,14H,3,10-13H2,1H3,(H,20,22). The smallest absolute Gasteiger partial charge is 0.321 e. The van der Waals surface area contributed by atoms with E-state index in [0.29, 0.717) is 37.8 Å². The SMILES string of the molecule is COc1cccc(Oc2ccc(NC(=O)N3CCCOCC3)cc2)c1. The van der Waals surface area contributed by atoms with Crippen molar-refractivity contribution in [1.29, 1.82) is 0 Å². The summed E-state index contributed by atoms with van der Waals surface area (Å²) in [4.78, 5) is 14.1. The van der Waals surface area contributed by atoms with Gasteiger partial charge in [0, 0.05) is 31.5 Å². The molecule has 1 aliphatic heterocycles. The molecule has 2 aromatic rings. The molecule has 1 aliphatic rings. The second-order valence-electron chi connectivity index (χ2n) is 5.69. The molecule has 132 valence electrons. The summed E-state index contributed by atoms with van der Waals surface area (Å²) in [7, 11) is 1.62. The van der Waals surface area contributed by atoms with Gasteiger partial charge in [-0.1, -0.05) is 6.07 Å². The van der Waals surface area contributed by atoms with Gasteiger partial charge in [0.2, 0.25) is 0 Å². The first-order chi connectivity index (χ1) is 12.2. The van der Waals surface area contributed by atoms with Gasteiger partial charge in [-0.25, -0.2) is 4.79 Å². The van der Waals surface area contributed by atoms with Gasteiger partial charge < -0.3 is 24.4 Å². The highest BCUT2D eigenvalue weighted by molar-refractivity contribution is 5.89. The van der Waals surface area contributed by atoms with Crippen LogP contribution in [0.3, 0.4) is 0 Å². The van der Waals surface area contributed by atoms with Crippen LogP contribution in [-0.2, 0) is 4.74 Å². The van der Waals surface area contributed by atoms with Crippen LogP contribution in [0.25, 0.3) is 0 Å². The number of methoxy groups -OCH3 is 1. The van der Waals surface area contributed by atoms with E-state index in [-0.39, 0.29) is 6.03 Å². The van der Waals surface area contributed by atoms with Gasteiger partial charge in [0.15, 0.2) is 0 Å². The Kier molecular flexibility index (Phi) is 5.74. The van der Waals surface area contributed by atoms with Crippen molar-refractivity contribution in [3.63, 3.8) is 0 Å². The Bertz CT molecular complexity index is 695. The van der Waals surface area contributed by atoms with E-state index in [9.17, 15) is 4.79 Å². The summed E-state index contributed by atoms with van der Waals surface area (Å²) in [6.07, 6.45) is 0.862. The van der Waals surface area contributed by atoms with Crippen LogP contribution in [0.5, 0.6) is 17.2 Å². The molecule has 0 unspecified atom stereocenters. The fourth-order valence-electron chi connectivity index (χ4n) is 2.56. The molecule has 2 aromatic carbocycles. The molecular formula is C19H22N2O4. The van der Waals surface area contributed by atoms with Gasteiger partial charge in [-0.05, 0) is 42.8 Å². The van der Waals surface area contributed by atoms with Crippen LogP contribution in [0.4, 0.5) is 10.5 Å². The van der Waals surface area contributed by atoms with E-state index >= 15 is 0 Å². The maximum Gasteiger partial charge on any atom is 0.321 e. The number of nitrogens with zero attached hydrogens (tertiary/aromatic N) is 1. The van der Waals surface area contributed by atoms with Crippen molar-refractivity contribution >= 4 is 11.7 Å². The van der Waals surface area contributed by atoms with Gasteiger partial charge in [0.05, 0.1) is 13.7 Å². The van der Waals surface area contributed by atoms with E-state index in [1.54, 1.807) is 12.0 Å². The van der Waals surface area contributed by atoms with Gasteiger partial charge in [-0.15, -0.1) is 0 Å². The number of hydrogen-bond acceptors (Lipinski definition) is 4. The molecule has 1 fully saturated rings. The van der Waals surface area contributed by atoms with Crippen molar-refractivity contribution in [2.75, 3.05) is 38.7 Å². The molecular weight excluding hydrogens is 320 g/mol. The Balaban J connectivity index is 1.58. The summed E-state index contributed by atoms with van der Waals surface area (Å²) < 4.78 is 16.3. The maximum absolute atomic E-state index is 12.3. The zero-order valence-electron chi connectivity index (χ0n) is 14.2. The average Bonchev–Trinajstić information content (AvgIpc) is 2.93. The van der Waals surface area contributed by atoms with Gasteiger partial charge >= 0.3 is 6.03 Å². The van der Waals surface area contributed by atoms with Crippen LogP contribution < -0.4 is 14.8 Å². The highest BCUT2D eigenvalue weighted by Crippen LogP contribution is 2.26. The number of carbonyl (C=O) groups excluding carboxylic acids is 1. The molecule has 0 spiro atoms. The number of rotatable bonds is 4. The van der Waals surface area contributed by atoms with Crippen LogP contribution in [0.15, 0.2) is 48.5 Å². The number of amides is 2. The largest absolute Gasteiger partial charge is 0.497 e. The number of hydrogen-bond donors (Lipinski definition) is 1.